The van der Waals surface area contributed by atoms with Gasteiger partial charge in [-0.3, -0.25) is 0 Å². The predicted molar refractivity (Wildman–Crippen MR) is 55.2 cm³/mol. The molecule has 0 atom stereocenters. The molecule has 0 fully saturated rings. The average molecular weight is 195 g/mol. The van der Waals surface area contributed by atoms with Crippen molar-refractivity contribution in [3.8, 4) is 0 Å². The standard InChI is InChI=1S/C10H11ClN2/c11-9-5-3-8(4-6-9)10-2-1-7-12-13-10/h3-6,12H,1-2,7H2. The Morgan fingerprint density at radius 3 is 2.62 bits per heavy atom. The monoisotopic (exact) mass is 194 g/mol. The largest absolute Gasteiger partial charge is 0.310 e. The topological polar surface area (TPSA) is 24.4 Å². The predicted octanol–water partition coefficient (Wildman–Crippen LogP) is 2.43. The summed E-state index contributed by atoms with van der Waals surface area (Å²) >= 11 is 5.80. The highest BCUT2D eigenvalue weighted by molar-refractivity contribution is 6.30. The molecule has 0 amide bonds. The number of rotatable bonds is 1. The van der Waals surface area contributed by atoms with Crippen LogP contribution >= 0.6 is 11.6 Å². The minimum Gasteiger partial charge on any atom is -0.310 e. The molecular weight excluding hydrogens is 184 g/mol. The maximum Gasteiger partial charge on any atom is 0.0675 e. The van der Waals surface area contributed by atoms with E-state index in [1.165, 1.54) is 0 Å². The molecule has 3 heteroatoms. The van der Waals surface area contributed by atoms with Gasteiger partial charge in [0.15, 0.2) is 0 Å². The van der Waals surface area contributed by atoms with Crippen LogP contribution in [0.5, 0.6) is 0 Å². The summed E-state index contributed by atoms with van der Waals surface area (Å²) in [6.07, 6.45) is 2.20. The maximum absolute atomic E-state index is 5.80. The molecule has 1 N–H and O–H groups in total. The van der Waals surface area contributed by atoms with E-state index in [1.54, 1.807) is 0 Å². The zero-order valence-electron chi connectivity index (χ0n) is 7.26. The van der Waals surface area contributed by atoms with Gasteiger partial charge in [-0.2, -0.15) is 5.10 Å². The second-order valence-corrected chi connectivity index (χ2v) is 3.51. The molecule has 0 bridgehead atoms. The Labute approximate surface area is 82.6 Å². The summed E-state index contributed by atoms with van der Waals surface area (Å²) in [5, 5.41) is 5.02. The molecule has 1 aromatic carbocycles. The molecular formula is C10H11ClN2. The lowest BCUT2D eigenvalue weighted by molar-refractivity contribution is 0.662. The Hall–Kier alpha value is -1.02. The van der Waals surface area contributed by atoms with Gasteiger partial charge in [-0.05, 0) is 30.5 Å². The molecule has 0 saturated carbocycles. The Bertz CT molecular complexity index is 316. The van der Waals surface area contributed by atoms with E-state index in [0.29, 0.717) is 0 Å². The van der Waals surface area contributed by atoms with Crippen LogP contribution in [0.4, 0.5) is 0 Å². The van der Waals surface area contributed by atoms with Crippen LogP contribution in [0.3, 0.4) is 0 Å². The van der Waals surface area contributed by atoms with E-state index in [-0.39, 0.29) is 0 Å². The van der Waals surface area contributed by atoms with Crippen LogP contribution in [0, 0.1) is 0 Å². The van der Waals surface area contributed by atoms with Crippen molar-refractivity contribution in [2.75, 3.05) is 6.54 Å². The Morgan fingerprint density at radius 2 is 2.00 bits per heavy atom. The number of hydrazone groups is 1. The van der Waals surface area contributed by atoms with Crippen molar-refractivity contribution < 1.29 is 0 Å². The van der Waals surface area contributed by atoms with Crippen molar-refractivity contribution in [2.24, 2.45) is 5.10 Å². The third kappa shape index (κ3) is 2.01. The highest BCUT2D eigenvalue weighted by Crippen LogP contribution is 2.13. The molecule has 2 nitrogen and oxygen atoms in total. The SMILES string of the molecule is Clc1ccc(C2=NNCCC2)cc1. The van der Waals surface area contributed by atoms with Gasteiger partial charge in [0.05, 0.1) is 5.71 Å². The number of hydrogen-bond acceptors (Lipinski definition) is 2. The fraction of sp³-hybridized carbons (Fsp3) is 0.300. The van der Waals surface area contributed by atoms with E-state index in [0.717, 1.165) is 35.7 Å². The first-order chi connectivity index (χ1) is 6.36. The number of hydrogen-bond donors (Lipinski definition) is 1. The average Bonchev–Trinajstić information content (AvgIpc) is 2.20. The van der Waals surface area contributed by atoms with E-state index in [4.69, 9.17) is 11.6 Å². The lowest BCUT2D eigenvalue weighted by atomic mass is 10.1. The lowest BCUT2D eigenvalue weighted by Crippen LogP contribution is -2.19. The summed E-state index contributed by atoms with van der Waals surface area (Å²) in [7, 11) is 0. The molecule has 13 heavy (non-hydrogen) atoms. The second-order valence-electron chi connectivity index (χ2n) is 3.08. The van der Waals surface area contributed by atoms with Crippen molar-refractivity contribution in [1.82, 2.24) is 5.43 Å². The highest BCUT2D eigenvalue weighted by Gasteiger charge is 2.06. The molecule has 0 aliphatic carbocycles. The lowest BCUT2D eigenvalue weighted by Gasteiger charge is -2.12. The Balaban J connectivity index is 2.24. The number of halogens is 1. The quantitative estimate of drug-likeness (QED) is 0.730. The van der Waals surface area contributed by atoms with Gasteiger partial charge in [-0.25, -0.2) is 0 Å². The fourth-order valence-electron chi connectivity index (χ4n) is 1.39. The van der Waals surface area contributed by atoms with Crippen molar-refractivity contribution in [3.05, 3.63) is 34.9 Å². The zero-order chi connectivity index (χ0) is 9.10. The molecule has 2 rings (SSSR count). The molecule has 0 unspecified atom stereocenters. The molecule has 1 aliphatic heterocycles. The molecule has 1 aromatic rings. The normalized spacial score (nSPS) is 16.2. The van der Waals surface area contributed by atoms with Crippen molar-refractivity contribution in [1.29, 1.82) is 0 Å². The summed E-state index contributed by atoms with van der Waals surface area (Å²) < 4.78 is 0. The molecule has 1 aliphatic rings. The Kier molecular flexibility index (Phi) is 2.50. The van der Waals surface area contributed by atoms with Gasteiger partial charge in [0.25, 0.3) is 0 Å². The van der Waals surface area contributed by atoms with Gasteiger partial charge in [0.2, 0.25) is 0 Å². The first-order valence-electron chi connectivity index (χ1n) is 4.41. The third-order valence-corrected chi connectivity index (χ3v) is 2.35. The molecule has 1 heterocycles. The fourth-order valence-corrected chi connectivity index (χ4v) is 1.52. The minimum atomic E-state index is 0.771. The zero-order valence-corrected chi connectivity index (χ0v) is 8.01. The third-order valence-electron chi connectivity index (χ3n) is 2.09. The van der Waals surface area contributed by atoms with Crippen LogP contribution in [-0.2, 0) is 0 Å². The number of nitrogens with zero attached hydrogens (tertiary/aromatic N) is 1. The van der Waals surface area contributed by atoms with Gasteiger partial charge in [-0.15, -0.1) is 0 Å². The second kappa shape index (κ2) is 3.79. The van der Waals surface area contributed by atoms with Crippen LogP contribution < -0.4 is 5.43 Å². The van der Waals surface area contributed by atoms with Crippen LogP contribution in [0.25, 0.3) is 0 Å². The van der Waals surface area contributed by atoms with Crippen LogP contribution in [0.1, 0.15) is 18.4 Å². The smallest absolute Gasteiger partial charge is 0.0675 e. The summed E-state index contributed by atoms with van der Waals surface area (Å²) in [5.41, 5.74) is 5.29. The van der Waals surface area contributed by atoms with E-state index >= 15 is 0 Å². The molecule has 0 spiro atoms. The molecule has 0 saturated heterocycles. The van der Waals surface area contributed by atoms with E-state index in [9.17, 15) is 0 Å². The van der Waals surface area contributed by atoms with Crippen molar-refractivity contribution in [2.45, 2.75) is 12.8 Å². The maximum atomic E-state index is 5.80. The summed E-state index contributed by atoms with van der Waals surface area (Å²) in [6, 6.07) is 7.81. The molecule has 0 radical (unpaired) electrons. The van der Waals surface area contributed by atoms with Crippen LogP contribution in [0.2, 0.25) is 5.02 Å². The summed E-state index contributed by atoms with van der Waals surface area (Å²) in [5.74, 6) is 0. The van der Waals surface area contributed by atoms with E-state index in [2.05, 4.69) is 10.5 Å². The van der Waals surface area contributed by atoms with E-state index in [1.807, 2.05) is 24.3 Å². The van der Waals surface area contributed by atoms with Gasteiger partial charge in [-0.1, -0.05) is 23.7 Å². The van der Waals surface area contributed by atoms with Gasteiger partial charge in [0, 0.05) is 11.6 Å². The van der Waals surface area contributed by atoms with Gasteiger partial charge < -0.3 is 5.43 Å². The van der Waals surface area contributed by atoms with Gasteiger partial charge in [0.1, 0.15) is 0 Å². The number of nitrogens with one attached hydrogen (secondary N) is 1. The Morgan fingerprint density at radius 1 is 1.23 bits per heavy atom. The van der Waals surface area contributed by atoms with Gasteiger partial charge >= 0.3 is 0 Å². The van der Waals surface area contributed by atoms with Crippen LogP contribution in [0.15, 0.2) is 29.4 Å². The summed E-state index contributed by atoms with van der Waals surface area (Å²) in [6.45, 7) is 0.983. The first kappa shape index (κ1) is 8.57. The minimum absolute atomic E-state index is 0.771. The van der Waals surface area contributed by atoms with Crippen molar-refractivity contribution >= 4 is 17.3 Å². The highest BCUT2D eigenvalue weighted by atomic mass is 35.5. The van der Waals surface area contributed by atoms with Crippen molar-refractivity contribution in [3.63, 3.8) is 0 Å². The molecule has 0 aromatic heterocycles. The van der Waals surface area contributed by atoms with Crippen LogP contribution in [-0.4, -0.2) is 12.3 Å². The van der Waals surface area contributed by atoms with E-state index < -0.39 is 0 Å². The number of benzene rings is 1. The molecule has 68 valence electrons. The summed E-state index contributed by atoms with van der Waals surface area (Å²) in [4.78, 5) is 0. The first-order valence-corrected chi connectivity index (χ1v) is 4.79.